The maximum atomic E-state index is 13.0. The minimum Gasteiger partial charge on any atom is -0.378 e. The van der Waals surface area contributed by atoms with Gasteiger partial charge in [0.25, 0.3) is 0 Å². The van der Waals surface area contributed by atoms with E-state index in [9.17, 15) is 18.0 Å². The average Bonchev–Trinajstić information content (AvgIpc) is 2.37. The zero-order valence-electron chi connectivity index (χ0n) is 10.4. The Bertz CT molecular complexity index is 459. The molecule has 2 rings (SSSR count). The van der Waals surface area contributed by atoms with Gasteiger partial charge in [0.05, 0.1) is 13.2 Å². The van der Waals surface area contributed by atoms with Crippen molar-refractivity contribution in [1.82, 2.24) is 5.32 Å². The number of amides is 1. The molecule has 4 nitrogen and oxygen atoms in total. The molecule has 20 heavy (non-hydrogen) atoms. The third kappa shape index (κ3) is 4.36. The summed E-state index contributed by atoms with van der Waals surface area (Å²) in [5.41, 5.74) is -0.113. The van der Waals surface area contributed by atoms with Gasteiger partial charge >= 0.3 is 0 Å². The van der Waals surface area contributed by atoms with Crippen molar-refractivity contribution in [1.29, 1.82) is 0 Å². The van der Waals surface area contributed by atoms with Crippen LogP contribution in [0, 0.1) is 17.5 Å². The zero-order valence-corrected chi connectivity index (χ0v) is 11.2. The lowest BCUT2D eigenvalue weighted by Gasteiger charge is -2.23. The van der Waals surface area contributed by atoms with Crippen LogP contribution in [0.1, 0.15) is 6.42 Å². The topological polar surface area (TPSA) is 50.4 Å². The number of carbonyl (C=O) groups is 1. The first-order valence-electron chi connectivity index (χ1n) is 5.82. The highest BCUT2D eigenvalue weighted by atomic mass is 35.5. The highest BCUT2D eigenvalue weighted by Gasteiger charge is 2.18. The number of halogens is 4. The molecule has 0 saturated carbocycles. The maximum Gasteiger partial charge on any atom is 0.226 e. The second kappa shape index (κ2) is 7.47. The molecule has 0 radical (unpaired) electrons. The van der Waals surface area contributed by atoms with Crippen LogP contribution in [-0.2, 0) is 9.53 Å². The van der Waals surface area contributed by atoms with Crippen LogP contribution in [0.4, 0.5) is 18.9 Å². The molecule has 1 aliphatic heterocycles. The van der Waals surface area contributed by atoms with Crippen LogP contribution in [-0.4, -0.2) is 31.7 Å². The number of ether oxygens (including phenoxy) is 1. The molecule has 1 atom stereocenters. The minimum absolute atomic E-state index is 0. The Balaban J connectivity index is 0.00000200. The van der Waals surface area contributed by atoms with Crippen LogP contribution in [0.3, 0.4) is 0 Å². The van der Waals surface area contributed by atoms with Gasteiger partial charge in [0.2, 0.25) is 5.91 Å². The molecule has 0 spiro atoms. The van der Waals surface area contributed by atoms with Crippen molar-refractivity contribution in [2.45, 2.75) is 12.5 Å². The van der Waals surface area contributed by atoms with E-state index >= 15 is 0 Å². The summed E-state index contributed by atoms with van der Waals surface area (Å²) in [6, 6.07) is 1.34. The first kappa shape index (κ1) is 16.7. The van der Waals surface area contributed by atoms with Crippen LogP contribution < -0.4 is 10.6 Å². The number of morpholine rings is 1. The predicted octanol–water partition coefficient (Wildman–Crippen LogP) is 1.84. The first-order valence-corrected chi connectivity index (χ1v) is 5.82. The van der Waals surface area contributed by atoms with Gasteiger partial charge in [-0.25, -0.2) is 13.2 Å². The number of hydrogen-bond donors (Lipinski definition) is 2. The van der Waals surface area contributed by atoms with Gasteiger partial charge in [-0.2, -0.15) is 0 Å². The SMILES string of the molecule is Cl.O=C(CC1COCCN1)Nc1cc(F)c(F)c(F)c1. The molecule has 1 fully saturated rings. The van der Waals surface area contributed by atoms with Crippen LogP contribution in [0.15, 0.2) is 12.1 Å². The van der Waals surface area contributed by atoms with Gasteiger partial charge in [0.1, 0.15) is 0 Å². The summed E-state index contributed by atoms with van der Waals surface area (Å²) in [5.74, 6) is -4.65. The second-order valence-corrected chi connectivity index (χ2v) is 4.23. The van der Waals surface area contributed by atoms with E-state index in [1.54, 1.807) is 0 Å². The van der Waals surface area contributed by atoms with E-state index in [4.69, 9.17) is 4.74 Å². The van der Waals surface area contributed by atoms with Crippen LogP contribution >= 0.6 is 12.4 Å². The van der Waals surface area contributed by atoms with Crippen LogP contribution in [0.2, 0.25) is 0 Å². The highest BCUT2D eigenvalue weighted by molar-refractivity contribution is 5.91. The van der Waals surface area contributed by atoms with Crippen molar-refractivity contribution >= 4 is 24.0 Å². The Morgan fingerprint density at radius 2 is 2.00 bits per heavy atom. The van der Waals surface area contributed by atoms with E-state index in [1.807, 2.05) is 0 Å². The van der Waals surface area contributed by atoms with Gasteiger partial charge in [-0.3, -0.25) is 4.79 Å². The Labute approximate surface area is 120 Å². The Morgan fingerprint density at radius 1 is 1.35 bits per heavy atom. The molecule has 1 unspecified atom stereocenters. The number of benzene rings is 1. The first-order chi connectivity index (χ1) is 9.06. The summed E-state index contributed by atoms with van der Waals surface area (Å²) >= 11 is 0. The lowest BCUT2D eigenvalue weighted by Crippen LogP contribution is -2.43. The molecule has 1 saturated heterocycles. The molecule has 112 valence electrons. The fraction of sp³-hybridized carbons (Fsp3) is 0.417. The number of carbonyl (C=O) groups excluding carboxylic acids is 1. The fourth-order valence-corrected chi connectivity index (χ4v) is 1.81. The predicted molar refractivity (Wildman–Crippen MR) is 69.4 cm³/mol. The number of anilines is 1. The number of hydrogen-bond acceptors (Lipinski definition) is 3. The molecule has 2 N–H and O–H groups in total. The number of rotatable bonds is 3. The molecular formula is C12H14ClF3N2O2. The summed E-state index contributed by atoms with van der Waals surface area (Å²) in [6.07, 6.45) is 0.112. The molecule has 1 aromatic carbocycles. The monoisotopic (exact) mass is 310 g/mol. The van der Waals surface area contributed by atoms with Crippen molar-refractivity contribution in [2.24, 2.45) is 0 Å². The van der Waals surface area contributed by atoms with E-state index in [2.05, 4.69) is 10.6 Å². The number of nitrogens with one attached hydrogen (secondary N) is 2. The van der Waals surface area contributed by atoms with E-state index in [1.165, 1.54) is 0 Å². The standard InChI is InChI=1S/C12H13F3N2O2.ClH/c13-9-3-7(4-10(14)12(9)15)17-11(18)5-8-6-19-2-1-16-8;/h3-4,8,16H,1-2,5-6H2,(H,17,18);1H. The van der Waals surface area contributed by atoms with Gasteiger partial charge in [-0.15, -0.1) is 12.4 Å². The minimum atomic E-state index is -1.56. The third-order valence-electron chi connectivity index (χ3n) is 2.70. The quantitative estimate of drug-likeness (QED) is 0.838. The van der Waals surface area contributed by atoms with Gasteiger partial charge in [-0.1, -0.05) is 0 Å². The Morgan fingerprint density at radius 3 is 2.55 bits per heavy atom. The molecule has 1 aromatic rings. The average molecular weight is 311 g/mol. The zero-order chi connectivity index (χ0) is 13.8. The summed E-state index contributed by atoms with van der Waals surface area (Å²) in [7, 11) is 0. The van der Waals surface area contributed by atoms with Crippen LogP contribution in [0.5, 0.6) is 0 Å². The van der Waals surface area contributed by atoms with Crippen molar-refractivity contribution in [3.05, 3.63) is 29.6 Å². The van der Waals surface area contributed by atoms with E-state index in [0.717, 1.165) is 12.1 Å². The molecule has 0 bridgehead atoms. The molecule has 8 heteroatoms. The molecule has 0 aliphatic carbocycles. The molecular weight excluding hydrogens is 297 g/mol. The smallest absolute Gasteiger partial charge is 0.226 e. The van der Waals surface area contributed by atoms with Crippen molar-refractivity contribution in [2.75, 3.05) is 25.1 Å². The van der Waals surface area contributed by atoms with E-state index in [-0.39, 0.29) is 30.6 Å². The summed E-state index contributed by atoms with van der Waals surface area (Å²) in [4.78, 5) is 11.6. The molecule has 1 heterocycles. The molecule has 1 amide bonds. The van der Waals surface area contributed by atoms with Gasteiger partial charge in [0.15, 0.2) is 17.5 Å². The molecule has 0 aromatic heterocycles. The van der Waals surface area contributed by atoms with Gasteiger partial charge < -0.3 is 15.4 Å². The van der Waals surface area contributed by atoms with E-state index < -0.39 is 23.4 Å². The highest BCUT2D eigenvalue weighted by Crippen LogP contribution is 2.17. The van der Waals surface area contributed by atoms with Crippen LogP contribution in [0.25, 0.3) is 0 Å². The second-order valence-electron chi connectivity index (χ2n) is 4.23. The van der Waals surface area contributed by atoms with Crippen molar-refractivity contribution in [3.8, 4) is 0 Å². The maximum absolute atomic E-state index is 13.0. The Kier molecular flexibility index (Phi) is 6.25. The summed E-state index contributed by atoms with van der Waals surface area (Å²) < 4.78 is 43.8. The summed E-state index contributed by atoms with van der Waals surface area (Å²) in [6.45, 7) is 1.64. The van der Waals surface area contributed by atoms with E-state index in [0.29, 0.717) is 19.8 Å². The third-order valence-corrected chi connectivity index (χ3v) is 2.70. The fourth-order valence-electron chi connectivity index (χ4n) is 1.81. The lowest BCUT2D eigenvalue weighted by molar-refractivity contribution is -0.117. The normalized spacial score (nSPS) is 18.2. The largest absolute Gasteiger partial charge is 0.378 e. The van der Waals surface area contributed by atoms with Crippen molar-refractivity contribution in [3.63, 3.8) is 0 Å². The summed E-state index contributed by atoms with van der Waals surface area (Å²) in [5, 5.41) is 5.39. The van der Waals surface area contributed by atoms with Crippen molar-refractivity contribution < 1.29 is 22.7 Å². The lowest BCUT2D eigenvalue weighted by atomic mass is 10.2. The van der Waals surface area contributed by atoms with Gasteiger partial charge in [-0.05, 0) is 0 Å². The molecule has 1 aliphatic rings. The Hall–Kier alpha value is -1.31. The van der Waals surface area contributed by atoms with Gasteiger partial charge in [0, 0.05) is 36.8 Å².